The van der Waals surface area contributed by atoms with E-state index in [9.17, 15) is 19.5 Å². The molecule has 1 aliphatic heterocycles. The predicted octanol–water partition coefficient (Wildman–Crippen LogP) is 2.20. The number of aliphatic hydroxyl groups is 1. The van der Waals surface area contributed by atoms with Crippen LogP contribution in [0.15, 0.2) is 36.4 Å². The van der Waals surface area contributed by atoms with Gasteiger partial charge in [-0.05, 0) is 49.4 Å². The van der Waals surface area contributed by atoms with Gasteiger partial charge in [-0.25, -0.2) is 0 Å². The molecular formula is C25H35N3O5. The number of methoxy groups -OCH3 is 1. The summed E-state index contributed by atoms with van der Waals surface area (Å²) < 4.78 is 5.17. The fraction of sp³-hybridized carbons (Fsp3) is 0.560. The topological polar surface area (TPSA) is 108 Å². The first-order valence-corrected chi connectivity index (χ1v) is 11.7. The van der Waals surface area contributed by atoms with Gasteiger partial charge in [-0.1, -0.05) is 25.5 Å². The second-order valence-corrected chi connectivity index (χ2v) is 8.71. The third-order valence-corrected chi connectivity index (χ3v) is 6.72. The number of carbonyl (C=O) groups excluding carboxylic acids is 3. The highest BCUT2D eigenvalue weighted by atomic mass is 16.5. The largest absolute Gasteiger partial charge is 0.497 e. The molecule has 3 rings (SSSR count). The minimum absolute atomic E-state index is 0.0247. The normalized spacial score (nSPS) is 26.1. The van der Waals surface area contributed by atoms with E-state index in [-0.39, 0.29) is 36.2 Å². The van der Waals surface area contributed by atoms with E-state index >= 15 is 0 Å². The molecule has 0 saturated carbocycles. The number of aliphatic hydroxyl groups excluding tert-OH is 1. The minimum atomic E-state index is -0.714. The Balaban J connectivity index is 1.92. The maximum absolute atomic E-state index is 13.6. The summed E-state index contributed by atoms with van der Waals surface area (Å²) in [4.78, 5) is 41.5. The highest BCUT2D eigenvalue weighted by Gasteiger charge is 2.56. The third-order valence-electron chi connectivity index (χ3n) is 6.72. The quantitative estimate of drug-likeness (QED) is 0.369. The molecule has 3 N–H and O–H groups in total. The van der Waals surface area contributed by atoms with Gasteiger partial charge >= 0.3 is 0 Å². The number of fused-ring (bicyclic) bond motifs is 1. The van der Waals surface area contributed by atoms with Crippen LogP contribution in [0.1, 0.15) is 32.6 Å². The number of anilines is 1. The van der Waals surface area contributed by atoms with Crippen LogP contribution in [0.25, 0.3) is 0 Å². The number of nitrogens with one attached hydrogen (secondary N) is 2. The average Bonchev–Trinajstić information content (AvgIpc) is 3.11. The van der Waals surface area contributed by atoms with Gasteiger partial charge in [0.2, 0.25) is 17.7 Å². The minimum Gasteiger partial charge on any atom is -0.497 e. The van der Waals surface area contributed by atoms with Crippen LogP contribution in [0.3, 0.4) is 0 Å². The molecule has 1 aromatic rings. The number of unbranched alkanes of at least 4 members (excludes halogenated alkanes) is 1. The molecule has 8 heteroatoms. The second kappa shape index (κ2) is 11.3. The van der Waals surface area contributed by atoms with Gasteiger partial charge in [0.25, 0.3) is 0 Å². The Bertz CT molecular complexity index is 869. The lowest BCUT2D eigenvalue weighted by Gasteiger charge is -2.34. The molecule has 0 bridgehead atoms. The zero-order valence-electron chi connectivity index (χ0n) is 19.6. The molecule has 1 saturated heterocycles. The van der Waals surface area contributed by atoms with Crippen molar-refractivity contribution in [3.63, 3.8) is 0 Å². The lowest BCUT2D eigenvalue weighted by molar-refractivity contribution is -0.140. The fourth-order valence-corrected chi connectivity index (χ4v) is 5.16. The summed E-state index contributed by atoms with van der Waals surface area (Å²) in [5.41, 5.74) is 0.610. The Hall–Kier alpha value is -2.87. The van der Waals surface area contributed by atoms with Crippen molar-refractivity contribution >= 4 is 23.4 Å². The third kappa shape index (κ3) is 5.21. The number of carbonyl (C=O) groups is 3. The van der Waals surface area contributed by atoms with Crippen molar-refractivity contribution in [2.45, 2.75) is 38.6 Å². The Morgan fingerprint density at radius 1 is 1.12 bits per heavy atom. The van der Waals surface area contributed by atoms with E-state index in [1.165, 1.54) is 0 Å². The van der Waals surface area contributed by atoms with Crippen molar-refractivity contribution < 1.29 is 24.2 Å². The zero-order chi connectivity index (χ0) is 24.0. The molecule has 5 atom stereocenters. The summed E-state index contributed by atoms with van der Waals surface area (Å²) in [5.74, 6) is -1.42. The Labute approximate surface area is 195 Å². The van der Waals surface area contributed by atoms with E-state index in [1.54, 1.807) is 43.3 Å². The summed E-state index contributed by atoms with van der Waals surface area (Å²) in [6.45, 7) is 2.44. The van der Waals surface area contributed by atoms with Gasteiger partial charge in [-0.15, -0.1) is 0 Å². The van der Waals surface area contributed by atoms with E-state index in [1.807, 2.05) is 12.2 Å². The van der Waals surface area contributed by atoms with Crippen LogP contribution < -0.4 is 15.4 Å². The van der Waals surface area contributed by atoms with Gasteiger partial charge in [-0.2, -0.15) is 0 Å². The maximum atomic E-state index is 13.6. The van der Waals surface area contributed by atoms with Gasteiger partial charge in [0.15, 0.2) is 0 Å². The van der Waals surface area contributed by atoms with Crippen LogP contribution in [0.5, 0.6) is 5.75 Å². The van der Waals surface area contributed by atoms with Crippen LogP contribution in [0.4, 0.5) is 5.69 Å². The van der Waals surface area contributed by atoms with Crippen molar-refractivity contribution in [1.29, 1.82) is 0 Å². The number of hydrogen-bond donors (Lipinski definition) is 3. The van der Waals surface area contributed by atoms with Gasteiger partial charge < -0.3 is 25.4 Å². The lowest BCUT2D eigenvalue weighted by atomic mass is 9.68. The Kier molecular flexibility index (Phi) is 8.49. The number of rotatable bonds is 10. The van der Waals surface area contributed by atoms with Crippen LogP contribution in [-0.4, -0.2) is 61.1 Å². The van der Waals surface area contributed by atoms with E-state index < -0.39 is 17.9 Å². The number of amides is 3. The first kappa shape index (κ1) is 24.8. The van der Waals surface area contributed by atoms with Crippen LogP contribution in [-0.2, 0) is 14.4 Å². The van der Waals surface area contributed by atoms with Crippen molar-refractivity contribution in [3.8, 4) is 5.75 Å². The van der Waals surface area contributed by atoms with Gasteiger partial charge in [0.05, 0.1) is 18.9 Å². The molecule has 33 heavy (non-hydrogen) atoms. The van der Waals surface area contributed by atoms with Crippen molar-refractivity contribution in [2.75, 3.05) is 32.6 Å². The second-order valence-electron chi connectivity index (χ2n) is 8.71. The predicted molar refractivity (Wildman–Crippen MR) is 126 cm³/mol. The van der Waals surface area contributed by atoms with Gasteiger partial charge in [-0.3, -0.25) is 14.4 Å². The number of benzene rings is 1. The number of allylic oxidation sites excluding steroid dienone is 1. The molecule has 1 aliphatic carbocycles. The highest BCUT2D eigenvalue weighted by molar-refractivity contribution is 6.01. The van der Waals surface area contributed by atoms with E-state index in [2.05, 4.69) is 17.6 Å². The van der Waals surface area contributed by atoms with E-state index in [4.69, 9.17) is 4.74 Å². The highest BCUT2D eigenvalue weighted by Crippen LogP contribution is 2.45. The summed E-state index contributed by atoms with van der Waals surface area (Å²) in [7, 11) is 3.16. The molecule has 2 aliphatic rings. The number of hydrogen-bond acceptors (Lipinski definition) is 5. The van der Waals surface area contributed by atoms with Crippen LogP contribution >= 0.6 is 0 Å². The number of nitrogens with zero attached hydrogens (tertiary/aromatic N) is 1. The molecule has 0 spiro atoms. The lowest BCUT2D eigenvalue weighted by Crippen LogP contribution is -2.45. The molecule has 1 heterocycles. The van der Waals surface area contributed by atoms with Gasteiger partial charge in [0.1, 0.15) is 11.8 Å². The molecule has 1 fully saturated rings. The molecule has 3 amide bonds. The van der Waals surface area contributed by atoms with E-state index in [0.29, 0.717) is 30.8 Å². The summed E-state index contributed by atoms with van der Waals surface area (Å²) in [6, 6.07) is 6.31. The fourth-order valence-electron chi connectivity index (χ4n) is 5.16. The molecule has 0 radical (unpaired) electrons. The molecule has 0 aromatic heterocycles. The first-order chi connectivity index (χ1) is 16.0. The summed E-state index contributed by atoms with van der Waals surface area (Å²) >= 11 is 0. The molecular weight excluding hydrogens is 422 g/mol. The average molecular weight is 458 g/mol. The molecule has 1 aromatic carbocycles. The molecule has 180 valence electrons. The van der Waals surface area contributed by atoms with Crippen molar-refractivity contribution in [2.24, 2.45) is 23.7 Å². The number of likely N-dealkylation sites (tertiary alicyclic amines) is 1. The Morgan fingerprint density at radius 2 is 1.85 bits per heavy atom. The monoisotopic (exact) mass is 457 g/mol. The standard InChI is InChI=1S/C25H35N3O5/c1-4-7-16-8-13-19-21(20(16)23(30)26-2)25(32)28(14-5-6-15-29)22(19)24(31)27-17-9-11-18(33-3)12-10-17/h8-13,16,19-22,29H,4-7,14-15H2,1-3H3,(H,26,30)(H,27,31)/t16-,19+,20-,21-,22+/m1/s1. The van der Waals surface area contributed by atoms with Gasteiger partial charge in [0, 0.05) is 31.8 Å². The molecule has 8 nitrogen and oxygen atoms in total. The number of ether oxygens (including phenoxy) is 1. The summed E-state index contributed by atoms with van der Waals surface area (Å²) in [5, 5.41) is 14.9. The van der Waals surface area contributed by atoms with E-state index in [0.717, 1.165) is 12.8 Å². The first-order valence-electron chi connectivity index (χ1n) is 11.7. The Morgan fingerprint density at radius 3 is 2.45 bits per heavy atom. The van der Waals surface area contributed by atoms with Crippen LogP contribution in [0.2, 0.25) is 0 Å². The summed E-state index contributed by atoms with van der Waals surface area (Å²) in [6.07, 6.45) is 6.81. The zero-order valence-corrected chi connectivity index (χ0v) is 19.6. The maximum Gasteiger partial charge on any atom is 0.247 e. The van der Waals surface area contributed by atoms with Crippen molar-refractivity contribution in [1.82, 2.24) is 10.2 Å². The smallest absolute Gasteiger partial charge is 0.247 e. The molecule has 0 unspecified atom stereocenters. The van der Waals surface area contributed by atoms with Crippen LogP contribution in [0, 0.1) is 23.7 Å². The van der Waals surface area contributed by atoms with Crippen molar-refractivity contribution in [3.05, 3.63) is 36.4 Å². The SMILES string of the molecule is CCC[C@@H]1C=C[C@H]2[C@@H](C(=O)N(CCCCO)[C@@H]2C(=O)Nc2ccc(OC)cc2)[C@@H]1C(=O)NC.